The molecule has 1 rings (SSSR count). The van der Waals surface area contributed by atoms with E-state index in [1.807, 2.05) is 13.0 Å². The number of aliphatic carboxylic acids is 1. The zero-order valence-corrected chi connectivity index (χ0v) is 11.9. The second kappa shape index (κ2) is 7.37. The number of ether oxygens (including phenoxy) is 1. The first-order valence-corrected chi connectivity index (χ1v) is 6.36. The highest BCUT2D eigenvalue weighted by Gasteiger charge is 2.10. The van der Waals surface area contributed by atoms with Gasteiger partial charge in [-0.3, -0.25) is 4.79 Å². The Bertz CT molecular complexity index is 488. The number of urea groups is 1. The van der Waals surface area contributed by atoms with Crippen LogP contribution in [0.3, 0.4) is 0 Å². The molecule has 0 aliphatic heterocycles. The van der Waals surface area contributed by atoms with Crippen LogP contribution in [0.25, 0.3) is 0 Å². The molecule has 1 unspecified atom stereocenters. The molecule has 6 heteroatoms. The van der Waals surface area contributed by atoms with E-state index in [2.05, 4.69) is 10.6 Å². The van der Waals surface area contributed by atoms with E-state index in [9.17, 15) is 9.59 Å². The second-order valence-corrected chi connectivity index (χ2v) is 4.61. The van der Waals surface area contributed by atoms with Crippen LogP contribution in [0.5, 0.6) is 5.75 Å². The minimum Gasteiger partial charge on any atom is -0.497 e. The first-order valence-electron chi connectivity index (χ1n) is 6.36. The molecule has 0 heterocycles. The second-order valence-electron chi connectivity index (χ2n) is 4.61. The highest BCUT2D eigenvalue weighted by atomic mass is 16.5. The maximum absolute atomic E-state index is 11.8. The smallest absolute Gasteiger partial charge is 0.319 e. The van der Waals surface area contributed by atoms with Crippen molar-refractivity contribution < 1.29 is 19.4 Å². The average Bonchev–Trinajstić information content (AvgIpc) is 2.38. The molecule has 0 aliphatic rings. The van der Waals surface area contributed by atoms with Crippen LogP contribution in [-0.4, -0.2) is 30.3 Å². The van der Waals surface area contributed by atoms with E-state index in [1.54, 1.807) is 26.2 Å². The summed E-state index contributed by atoms with van der Waals surface area (Å²) in [6.07, 6.45) is 0.424. The molecular formula is C14H20N2O4. The Hall–Kier alpha value is -2.24. The Morgan fingerprint density at radius 3 is 2.65 bits per heavy atom. The Labute approximate surface area is 118 Å². The Morgan fingerprint density at radius 2 is 2.10 bits per heavy atom. The molecule has 1 atom stereocenters. The van der Waals surface area contributed by atoms with Crippen LogP contribution in [0, 0.1) is 6.92 Å². The maximum Gasteiger partial charge on any atom is 0.319 e. The molecule has 0 saturated heterocycles. The van der Waals surface area contributed by atoms with Gasteiger partial charge in [-0.25, -0.2) is 4.79 Å². The Balaban J connectivity index is 2.51. The summed E-state index contributed by atoms with van der Waals surface area (Å²) in [5.41, 5.74) is 1.58. The van der Waals surface area contributed by atoms with Crippen molar-refractivity contribution in [3.8, 4) is 5.75 Å². The predicted octanol–water partition coefficient (Wildman–Crippen LogP) is 2.38. The standard InChI is InChI=1S/C14H20N2O4/c1-9-8-11(20-3)5-6-12(9)16-14(19)15-10(2)4-7-13(17)18/h5-6,8,10H,4,7H2,1-3H3,(H,17,18)(H2,15,16,19). The molecule has 1 aromatic rings. The van der Waals surface area contributed by atoms with Crippen molar-refractivity contribution >= 4 is 17.7 Å². The lowest BCUT2D eigenvalue weighted by Gasteiger charge is -2.15. The van der Waals surface area contributed by atoms with Crippen molar-refractivity contribution in [1.29, 1.82) is 0 Å². The highest BCUT2D eigenvalue weighted by Crippen LogP contribution is 2.20. The van der Waals surface area contributed by atoms with Crippen molar-refractivity contribution in [3.05, 3.63) is 23.8 Å². The van der Waals surface area contributed by atoms with Gasteiger partial charge >= 0.3 is 12.0 Å². The topological polar surface area (TPSA) is 87.7 Å². The number of methoxy groups -OCH3 is 1. The molecule has 110 valence electrons. The van der Waals surface area contributed by atoms with E-state index >= 15 is 0 Å². The van der Waals surface area contributed by atoms with Gasteiger partial charge in [0.25, 0.3) is 0 Å². The summed E-state index contributed by atoms with van der Waals surface area (Å²) in [6, 6.07) is 4.79. The molecule has 6 nitrogen and oxygen atoms in total. The number of hydrogen-bond acceptors (Lipinski definition) is 3. The molecule has 0 aromatic heterocycles. The first kappa shape index (κ1) is 15.8. The van der Waals surface area contributed by atoms with E-state index < -0.39 is 5.97 Å². The minimum absolute atomic E-state index is 0.0308. The van der Waals surface area contributed by atoms with Crippen LogP contribution in [0.4, 0.5) is 10.5 Å². The fourth-order valence-corrected chi connectivity index (χ4v) is 1.70. The summed E-state index contributed by atoms with van der Waals surface area (Å²) in [4.78, 5) is 22.2. The lowest BCUT2D eigenvalue weighted by Crippen LogP contribution is -2.36. The molecular weight excluding hydrogens is 260 g/mol. The van der Waals surface area contributed by atoms with Gasteiger partial charge in [0.2, 0.25) is 0 Å². The van der Waals surface area contributed by atoms with E-state index in [0.29, 0.717) is 12.1 Å². The van der Waals surface area contributed by atoms with E-state index in [-0.39, 0.29) is 18.5 Å². The van der Waals surface area contributed by atoms with E-state index in [0.717, 1.165) is 11.3 Å². The number of rotatable bonds is 6. The number of carboxylic acids is 1. The molecule has 0 aliphatic carbocycles. The molecule has 0 saturated carbocycles. The lowest BCUT2D eigenvalue weighted by molar-refractivity contribution is -0.137. The molecule has 1 aromatic carbocycles. The number of carboxylic acid groups (broad SMARTS) is 1. The third-order valence-electron chi connectivity index (χ3n) is 2.85. The SMILES string of the molecule is COc1ccc(NC(=O)NC(C)CCC(=O)O)c(C)c1. The predicted molar refractivity (Wildman–Crippen MR) is 76.2 cm³/mol. The van der Waals surface area contributed by atoms with E-state index in [4.69, 9.17) is 9.84 Å². The Morgan fingerprint density at radius 1 is 1.40 bits per heavy atom. The summed E-state index contributed by atoms with van der Waals surface area (Å²) in [5.74, 6) is -0.145. The third-order valence-corrected chi connectivity index (χ3v) is 2.85. The molecule has 2 amide bonds. The molecule has 0 radical (unpaired) electrons. The third kappa shape index (κ3) is 5.17. The van der Waals surface area contributed by atoms with Crippen LogP contribution in [0.1, 0.15) is 25.3 Å². The summed E-state index contributed by atoms with van der Waals surface area (Å²) in [5, 5.41) is 14.0. The quantitative estimate of drug-likeness (QED) is 0.746. The van der Waals surface area contributed by atoms with Crippen LogP contribution in [0.2, 0.25) is 0 Å². The number of benzene rings is 1. The number of carbonyl (C=O) groups excluding carboxylic acids is 1. The van der Waals surface area contributed by atoms with Gasteiger partial charge in [0.15, 0.2) is 0 Å². The normalized spacial score (nSPS) is 11.6. The van der Waals surface area contributed by atoms with E-state index in [1.165, 1.54) is 0 Å². The van der Waals surface area contributed by atoms with Gasteiger partial charge in [-0.05, 0) is 44.0 Å². The summed E-state index contributed by atoms with van der Waals surface area (Å²) < 4.78 is 5.09. The summed E-state index contributed by atoms with van der Waals surface area (Å²) in [7, 11) is 1.58. The van der Waals surface area contributed by atoms with Gasteiger partial charge in [0.1, 0.15) is 5.75 Å². The average molecular weight is 280 g/mol. The number of nitrogens with one attached hydrogen (secondary N) is 2. The number of aryl methyl sites for hydroxylation is 1. The van der Waals surface area contributed by atoms with Gasteiger partial charge < -0.3 is 20.5 Å². The van der Waals surface area contributed by atoms with Crippen molar-refractivity contribution in [2.24, 2.45) is 0 Å². The monoisotopic (exact) mass is 280 g/mol. The zero-order chi connectivity index (χ0) is 15.1. The van der Waals surface area contributed by atoms with Gasteiger partial charge in [0.05, 0.1) is 7.11 Å². The highest BCUT2D eigenvalue weighted by molar-refractivity contribution is 5.90. The van der Waals surface area contributed by atoms with Crippen LogP contribution >= 0.6 is 0 Å². The lowest BCUT2D eigenvalue weighted by atomic mass is 10.2. The fourth-order valence-electron chi connectivity index (χ4n) is 1.70. The van der Waals surface area contributed by atoms with Crippen molar-refractivity contribution in [2.45, 2.75) is 32.7 Å². The molecule has 3 N–H and O–H groups in total. The Kier molecular flexibility index (Phi) is 5.83. The van der Waals surface area contributed by atoms with Crippen molar-refractivity contribution in [1.82, 2.24) is 5.32 Å². The van der Waals surface area contributed by atoms with Gasteiger partial charge in [-0.1, -0.05) is 0 Å². The number of anilines is 1. The maximum atomic E-state index is 11.8. The van der Waals surface area contributed by atoms with Gasteiger partial charge in [0, 0.05) is 18.2 Å². The fraction of sp³-hybridized carbons (Fsp3) is 0.429. The van der Waals surface area contributed by atoms with Crippen LogP contribution in [0.15, 0.2) is 18.2 Å². The number of amides is 2. The largest absolute Gasteiger partial charge is 0.497 e. The van der Waals surface area contributed by atoms with Gasteiger partial charge in [-0.15, -0.1) is 0 Å². The van der Waals surface area contributed by atoms with Gasteiger partial charge in [-0.2, -0.15) is 0 Å². The molecule has 0 spiro atoms. The molecule has 20 heavy (non-hydrogen) atoms. The van der Waals surface area contributed by atoms with Crippen LogP contribution < -0.4 is 15.4 Å². The summed E-state index contributed by atoms with van der Waals surface area (Å²) >= 11 is 0. The van der Waals surface area contributed by atoms with Crippen molar-refractivity contribution in [2.75, 3.05) is 12.4 Å². The number of hydrogen-bond donors (Lipinski definition) is 3. The molecule has 0 fully saturated rings. The molecule has 0 bridgehead atoms. The number of carbonyl (C=O) groups is 2. The van der Waals surface area contributed by atoms with Crippen molar-refractivity contribution in [3.63, 3.8) is 0 Å². The zero-order valence-electron chi connectivity index (χ0n) is 11.9. The van der Waals surface area contributed by atoms with Crippen LogP contribution in [-0.2, 0) is 4.79 Å². The first-order chi connectivity index (χ1) is 9.42. The summed E-state index contributed by atoms with van der Waals surface area (Å²) in [6.45, 7) is 3.63. The minimum atomic E-state index is -0.870.